The van der Waals surface area contributed by atoms with Gasteiger partial charge < -0.3 is 0 Å². The van der Waals surface area contributed by atoms with Crippen LogP contribution < -0.4 is 0 Å². The molecule has 0 aliphatic carbocycles. The zero-order chi connectivity index (χ0) is 12.5. The van der Waals surface area contributed by atoms with Gasteiger partial charge >= 0.3 is 0 Å². The Morgan fingerprint density at radius 1 is 1.19 bits per heavy atom. The lowest BCUT2D eigenvalue weighted by molar-refractivity contribution is 0.471. The van der Waals surface area contributed by atoms with Gasteiger partial charge in [0.2, 0.25) is 0 Å². The summed E-state index contributed by atoms with van der Waals surface area (Å²) in [4.78, 5) is -1.34. The number of alkyl halides is 2. The number of halogens is 4. The monoisotopic (exact) mass is 322 g/mol. The fraction of sp³-hybridized carbons (Fsp3) is 0.250. The Bertz CT molecular complexity index is 486. The number of rotatable bonds is 3. The maximum Gasteiger partial charge on any atom is 0.274 e. The molecule has 8 heteroatoms. The van der Waals surface area contributed by atoms with Crippen LogP contribution in [0.4, 0.5) is 0 Å². The summed E-state index contributed by atoms with van der Waals surface area (Å²) in [5, 5.41) is -1.09. The second kappa shape index (κ2) is 5.29. The Morgan fingerprint density at radius 2 is 1.75 bits per heavy atom. The summed E-state index contributed by atoms with van der Waals surface area (Å²) >= 11 is 22.5. The third-order valence-corrected chi connectivity index (χ3v) is 4.35. The van der Waals surface area contributed by atoms with E-state index in [0.717, 1.165) is 0 Å². The van der Waals surface area contributed by atoms with Crippen molar-refractivity contribution in [3.8, 4) is 0 Å². The predicted octanol–water partition coefficient (Wildman–Crippen LogP) is 3.73. The maximum atomic E-state index is 11.1. The summed E-state index contributed by atoms with van der Waals surface area (Å²) < 4.78 is 31.2. The third kappa shape index (κ3) is 3.39. The molecule has 1 N–H and O–H groups in total. The molecule has 1 atom stereocenters. The lowest BCUT2D eigenvalue weighted by Crippen LogP contribution is -2.18. The Kier molecular flexibility index (Phi) is 4.75. The quantitative estimate of drug-likeness (QED) is 0.681. The third-order valence-electron chi connectivity index (χ3n) is 1.82. The Hall–Kier alpha value is 0.290. The van der Waals surface area contributed by atoms with Crippen LogP contribution in [0.5, 0.6) is 0 Å². The molecule has 90 valence electrons. The van der Waals surface area contributed by atoms with Crippen LogP contribution in [0.25, 0.3) is 0 Å². The number of hydrogen-bond acceptors (Lipinski definition) is 2. The summed E-state index contributed by atoms with van der Waals surface area (Å²) in [7, 11) is -4.44. The lowest BCUT2D eigenvalue weighted by atomic mass is 10.2. The highest BCUT2D eigenvalue weighted by atomic mass is 35.5. The normalized spacial score (nSPS) is 14.1. The molecule has 0 fully saturated rings. The lowest BCUT2D eigenvalue weighted by Gasteiger charge is -2.16. The Morgan fingerprint density at radius 3 is 2.12 bits per heavy atom. The van der Waals surface area contributed by atoms with Gasteiger partial charge in [-0.3, -0.25) is 4.55 Å². The van der Waals surface area contributed by atoms with Crippen LogP contribution in [-0.4, -0.2) is 17.8 Å². The van der Waals surface area contributed by atoms with Gasteiger partial charge in [-0.1, -0.05) is 29.3 Å². The molecule has 0 saturated heterocycles. The molecule has 0 radical (unpaired) electrons. The predicted molar refractivity (Wildman–Crippen MR) is 66.2 cm³/mol. The van der Waals surface area contributed by atoms with E-state index >= 15 is 0 Å². The molecule has 1 unspecified atom stereocenters. The van der Waals surface area contributed by atoms with Crippen LogP contribution in [0.15, 0.2) is 18.2 Å². The van der Waals surface area contributed by atoms with E-state index in [0.29, 0.717) is 5.02 Å². The topological polar surface area (TPSA) is 54.4 Å². The average molecular weight is 324 g/mol. The first kappa shape index (κ1) is 14.4. The van der Waals surface area contributed by atoms with Crippen molar-refractivity contribution in [2.24, 2.45) is 0 Å². The van der Waals surface area contributed by atoms with Crippen LogP contribution in [-0.2, 0) is 10.1 Å². The van der Waals surface area contributed by atoms with E-state index in [9.17, 15) is 8.42 Å². The number of hydrogen-bond donors (Lipinski definition) is 1. The Balaban J connectivity index is 3.33. The zero-order valence-electron chi connectivity index (χ0n) is 7.57. The largest absolute Gasteiger partial charge is 0.285 e. The molecule has 0 bridgehead atoms. The molecule has 0 heterocycles. The highest BCUT2D eigenvalue weighted by molar-refractivity contribution is 7.86. The van der Waals surface area contributed by atoms with E-state index in [4.69, 9.17) is 51.0 Å². The van der Waals surface area contributed by atoms with Gasteiger partial charge in [-0.05, 0) is 17.7 Å². The molecular formula is C8H6Cl4O3S. The minimum Gasteiger partial charge on any atom is -0.285 e. The van der Waals surface area contributed by atoms with Crippen molar-refractivity contribution in [3.05, 3.63) is 33.8 Å². The molecule has 0 aliphatic rings. The van der Waals surface area contributed by atoms with Crippen LogP contribution in [0.3, 0.4) is 0 Å². The van der Waals surface area contributed by atoms with E-state index in [1.807, 2.05) is 0 Å². The molecule has 1 aromatic rings. The Labute approximate surface area is 113 Å². The molecule has 16 heavy (non-hydrogen) atoms. The molecule has 1 aromatic carbocycles. The van der Waals surface area contributed by atoms with Gasteiger partial charge in [-0.25, -0.2) is 0 Å². The van der Waals surface area contributed by atoms with Crippen molar-refractivity contribution in [2.45, 2.75) is 10.1 Å². The minimum absolute atomic E-state index is 0.0708. The smallest absolute Gasteiger partial charge is 0.274 e. The van der Waals surface area contributed by atoms with Gasteiger partial charge in [-0.2, -0.15) is 8.42 Å². The van der Waals surface area contributed by atoms with E-state index in [1.165, 1.54) is 18.2 Å². The molecular weight excluding hydrogens is 318 g/mol. The van der Waals surface area contributed by atoms with Gasteiger partial charge in [0.05, 0.1) is 0 Å². The van der Waals surface area contributed by atoms with Crippen molar-refractivity contribution in [2.75, 3.05) is 0 Å². The maximum absolute atomic E-state index is 11.1. The average Bonchev–Trinajstić information content (AvgIpc) is 2.06. The first-order valence-electron chi connectivity index (χ1n) is 3.93. The summed E-state index contributed by atoms with van der Waals surface area (Å²) in [6, 6.07) is 4.12. The summed E-state index contributed by atoms with van der Waals surface area (Å²) in [5.41, 5.74) is 0.101. The van der Waals surface area contributed by atoms with Crippen molar-refractivity contribution < 1.29 is 13.0 Å². The summed E-state index contributed by atoms with van der Waals surface area (Å²) in [6.45, 7) is 0. The van der Waals surface area contributed by atoms with Crippen molar-refractivity contribution >= 4 is 56.5 Å². The van der Waals surface area contributed by atoms with Crippen LogP contribution in [0.1, 0.15) is 10.8 Å². The summed E-state index contributed by atoms with van der Waals surface area (Å²) in [6.07, 6.45) is 0. The van der Waals surface area contributed by atoms with Crippen molar-refractivity contribution in [3.63, 3.8) is 0 Å². The molecule has 0 amide bonds. The molecule has 0 saturated carbocycles. The molecule has 0 aliphatic heterocycles. The highest BCUT2D eigenvalue weighted by Gasteiger charge is 2.33. The fourth-order valence-corrected chi connectivity index (χ4v) is 3.59. The van der Waals surface area contributed by atoms with Gasteiger partial charge in [0.25, 0.3) is 10.1 Å². The molecule has 0 aromatic heterocycles. The van der Waals surface area contributed by atoms with E-state index in [-0.39, 0.29) is 10.6 Å². The van der Waals surface area contributed by atoms with Gasteiger partial charge in [0, 0.05) is 10.0 Å². The second-order valence-corrected chi connectivity index (χ2v) is 6.48. The molecule has 0 spiro atoms. The second-order valence-electron chi connectivity index (χ2n) is 2.94. The SMILES string of the molecule is O=S(=O)(O)C(c1ccc(Cl)cc1Cl)C(Cl)Cl. The standard InChI is InChI=1S/C8H6Cl4O3S/c9-4-1-2-5(6(10)3-4)7(8(11)12)16(13,14)15/h1-3,7-8H,(H,13,14,15). The van der Waals surface area contributed by atoms with Crippen LogP contribution >= 0.6 is 46.4 Å². The van der Waals surface area contributed by atoms with E-state index in [1.54, 1.807) is 0 Å². The zero-order valence-corrected chi connectivity index (χ0v) is 11.4. The van der Waals surface area contributed by atoms with Gasteiger partial charge in [-0.15, -0.1) is 23.2 Å². The van der Waals surface area contributed by atoms with E-state index in [2.05, 4.69) is 0 Å². The molecule has 1 rings (SSSR count). The highest BCUT2D eigenvalue weighted by Crippen LogP contribution is 2.36. The van der Waals surface area contributed by atoms with Crippen LogP contribution in [0.2, 0.25) is 10.0 Å². The van der Waals surface area contributed by atoms with Gasteiger partial charge in [0.1, 0.15) is 10.1 Å². The van der Waals surface area contributed by atoms with Crippen molar-refractivity contribution in [1.82, 2.24) is 0 Å². The summed E-state index contributed by atoms with van der Waals surface area (Å²) in [5.74, 6) is 0. The van der Waals surface area contributed by atoms with Crippen molar-refractivity contribution in [1.29, 1.82) is 0 Å². The fourth-order valence-electron chi connectivity index (χ4n) is 1.16. The first-order valence-corrected chi connectivity index (χ1v) is 7.06. The number of benzene rings is 1. The first-order chi connectivity index (χ1) is 7.23. The van der Waals surface area contributed by atoms with Crippen LogP contribution in [0, 0.1) is 0 Å². The van der Waals surface area contributed by atoms with Gasteiger partial charge in [0.15, 0.2) is 0 Å². The van der Waals surface area contributed by atoms with E-state index < -0.39 is 20.2 Å². The minimum atomic E-state index is -4.44. The molecule has 3 nitrogen and oxygen atoms in total.